The van der Waals surface area contributed by atoms with E-state index >= 15 is 0 Å². The number of ketones is 2. The summed E-state index contributed by atoms with van der Waals surface area (Å²) in [6.07, 6.45) is 0.229. The fourth-order valence-electron chi connectivity index (χ4n) is 6.21. The molecule has 2 aromatic rings. The fraction of sp³-hybridized carbons (Fsp3) is 0.511. The van der Waals surface area contributed by atoms with Gasteiger partial charge in [-0.05, 0) is 56.1 Å². The van der Waals surface area contributed by atoms with E-state index < -0.39 is 90.6 Å². The van der Waals surface area contributed by atoms with E-state index in [0.29, 0.717) is 5.56 Å². The second-order valence-electron chi connectivity index (χ2n) is 16.5. The molecule has 0 aliphatic carbocycles. The predicted molar refractivity (Wildman–Crippen MR) is 238 cm³/mol. The summed E-state index contributed by atoms with van der Waals surface area (Å²) >= 11 is 0. The zero-order valence-electron chi connectivity index (χ0n) is 37.5. The van der Waals surface area contributed by atoms with Crippen LogP contribution in [0, 0.1) is 11.8 Å². The average Bonchev–Trinajstić information content (AvgIpc) is 3.24. The molecule has 19 nitrogen and oxygen atoms in total. The Hall–Kier alpha value is -6.50. The van der Waals surface area contributed by atoms with Gasteiger partial charge in [0.05, 0.1) is 32.2 Å². The van der Waals surface area contributed by atoms with Crippen molar-refractivity contribution >= 4 is 58.8 Å². The lowest BCUT2D eigenvalue weighted by atomic mass is 10.0. The minimum atomic E-state index is -1.23. The van der Waals surface area contributed by atoms with Crippen molar-refractivity contribution in [2.75, 3.05) is 26.2 Å². The summed E-state index contributed by atoms with van der Waals surface area (Å²) in [4.78, 5) is 127. The second-order valence-corrected chi connectivity index (χ2v) is 16.5. The summed E-state index contributed by atoms with van der Waals surface area (Å²) in [5.41, 5.74) is 7.44. The van der Waals surface area contributed by atoms with E-state index in [2.05, 4.69) is 42.5 Å². The van der Waals surface area contributed by atoms with Gasteiger partial charge in [0.1, 0.15) is 35.7 Å². The monoisotopic (exact) mass is 891 g/mol. The lowest BCUT2D eigenvalue weighted by molar-refractivity contribution is -0.133. The van der Waals surface area contributed by atoms with E-state index in [1.54, 1.807) is 60.7 Å². The van der Waals surface area contributed by atoms with E-state index in [0.717, 1.165) is 5.56 Å². The Morgan fingerprint density at radius 3 is 1.20 bits per heavy atom. The highest BCUT2D eigenvalue weighted by Gasteiger charge is 2.30. The van der Waals surface area contributed by atoms with Gasteiger partial charge in [0.2, 0.25) is 47.3 Å². The second kappa shape index (κ2) is 28.2. The molecular weight excluding hydrogens is 827 g/mol. The molecular formula is C45H65N9O10. The van der Waals surface area contributed by atoms with Gasteiger partial charge >= 0.3 is 0 Å². The number of carbonyl (C=O) groups is 10. The third kappa shape index (κ3) is 22.0. The molecule has 0 radical (unpaired) electrons. The minimum absolute atomic E-state index is 0.000674. The summed E-state index contributed by atoms with van der Waals surface area (Å²) < 4.78 is 0. The SMILES string of the molecule is CC(=O)CNC(=O)C(CC(C)C)NC(=O)C(Cc1ccccc1)NC(=O)CNC(=O)CCC(N)C(=O)NCC(=O)NC(Cc1ccccc1)C(=O)NC(CC(C)C)C(=O)NCC(C)=O. The molecule has 350 valence electrons. The van der Waals surface area contributed by atoms with Crippen LogP contribution in [0.25, 0.3) is 0 Å². The summed E-state index contributed by atoms with van der Waals surface area (Å²) in [5, 5.41) is 20.4. The van der Waals surface area contributed by atoms with Crippen molar-refractivity contribution < 1.29 is 47.9 Å². The number of nitrogens with one attached hydrogen (secondary N) is 8. The van der Waals surface area contributed by atoms with Crippen molar-refractivity contribution in [2.24, 2.45) is 17.6 Å². The molecule has 64 heavy (non-hydrogen) atoms. The number of Topliss-reactive ketones (excluding diaryl/α,β-unsaturated/α-hetero) is 2. The van der Waals surface area contributed by atoms with E-state index in [1.165, 1.54) is 13.8 Å². The first-order chi connectivity index (χ1) is 30.2. The molecule has 0 fully saturated rings. The van der Waals surface area contributed by atoms with E-state index in [9.17, 15) is 47.9 Å². The zero-order valence-corrected chi connectivity index (χ0v) is 37.5. The molecule has 2 rings (SSSR count). The van der Waals surface area contributed by atoms with E-state index in [-0.39, 0.29) is 75.0 Å². The van der Waals surface area contributed by atoms with Crippen LogP contribution < -0.4 is 48.3 Å². The summed E-state index contributed by atoms with van der Waals surface area (Å²) in [6.45, 7) is 8.61. The van der Waals surface area contributed by atoms with Gasteiger partial charge in [-0.25, -0.2) is 0 Å². The number of hydrogen-bond acceptors (Lipinski definition) is 11. The predicted octanol–water partition coefficient (Wildman–Crippen LogP) is -0.746. The van der Waals surface area contributed by atoms with E-state index in [1.807, 2.05) is 27.7 Å². The Morgan fingerprint density at radius 2 is 0.828 bits per heavy atom. The molecule has 0 bridgehead atoms. The molecule has 19 heteroatoms. The number of benzene rings is 2. The molecule has 0 saturated heterocycles. The van der Waals surface area contributed by atoms with Crippen LogP contribution in [0.2, 0.25) is 0 Å². The maximum atomic E-state index is 13.5. The molecule has 0 heterocycles. The Balaban J connectivity index is 1.97. The molecule has 0 spiro atoms. The van der Waals surface area contributed by atoms with Gasteiger partial charge in [0.25, 0.3) is 0 Å². The largest absolute Gasteiger partial charge is 0.347 e. The van der Waals surface area contributed by atoms with Gasteiger partial charge in [-0.3, -0.25) is 47.9 Å². The molecule has 0 saturated carbocycles. The number of nitrogens with two attached hydrogens (primary N) is 1. The van der Waals surface area contributed by atoms with Gasteiger partial charge in [0, 0.05) is 19.3 Å². The van der Waals surface area contributed by atoms with Crippen LogP contribution in [0.1, 0.15) is 78.4 Å². The lowest BCUT2D eigenvalue weighted by Crippen LogP contribution is -2.56. The summed E-state index contributed by atoms with van der Waals surface area (Å²) in [5.74, 6) is -5.72. The van der Waals surface area contributed by atoms with Crippen LogP contribution in [0.4, 0.5) is 0 Å². The number of hydrogen-bond donors (Lipinski definition) is 9. The highest BCUT2D eigenvalue weighted by Crippen LogP contribution is 2.10. The topological polar surface area (TPSA) is 293 Å². The Labute approximate surface area is 374 Å². The fourth-order valence-corrected chi connectivity index (χ4v) is 6.21. The Bertz CT molecular complexity index is 1910. The normalized spacial score (nSPS) is 13.2. The van der Waals surface area contributed by atoms with Crippen molar-refractivity contribution in [3.63, 3.8) is 0 Å². The van der Waals surface area contributed by atoms with Crippen molar-refractivity contribution in [3.8, 4) is 0 Å². The Morgan fingerprint density at radius 1 is 0.453 bits per heavy atom. The first-order valence-corrected chi connectivity index (χ1v) is 21.4. The van der Waals surface area contributed by atoms with Crippen LogP contribution in [-0.2, 0) is 60.8 Å². The highest BCUT2D eigenvalue weighted by molar-refractivity contribution is 5.96. The Kier molecular flexibility index (Phi) is 23.7. The molecule has 5 unspecified atom stereocenters. The first kappa shape index (κ1) is 53.6. The van der Waals surface area contributed by atoms with Crippen molar-refractivity contribution in [1.29, 1.82) is 0 Å². The van der Waals surface area contributed by atoms with Crippen LogP contribution in [0.5, 0.6) is 0 Å². The van der Waals surface area contributed by atoms with Crippen LogP contribution in [0.15, 0.2) is 60.7 Å². The third-order valence-corrected chi connectivity index (χ3v) is 9.46. The number of amides is 8. The van der Waals surface area contributed by atoms with Crippen LogP contribution in [-0.4, -0.2) is 115 Å². The molecule has 10 N–H and O–H groups in total. The molecule has 2 aromatic carbocycles. The van der Waals surface area contributed by atoms with Gasteiger partial charge < -0.3 is 48.3 Å². The van der Waals surface area contributed by atoms with Gasteiger partial charge in [-0.15, -0.1) is 0 Å². The lowest BCUT2D eigenvalue weighted by Gasteiger charge is -2.24. The standard InChI is InChI=1S/C45H65N9O10/c1-27(2)19-34(42(61)48-23-29(5)55)53-44(63)36(21-31-13-9-7-10-14-31)51-39(58)25-47-38(57)18-17-33(46)41(60)50-26-40(59)52-37(22-32-15-11-8-12-16-32)45(64)54-35(20-28(3)4)43(62)49-24-30(6)56/h7-16,27-28,33-37H,17-26,46H2,1-6H3,(H,47,57)(H,48,61)(H,49,62)(H,50,60)(H,51,58)(H,52,59)(H,53,63)(H,54,64). The van der Waals surface area contributed by atoms with Crippen molar-refractivity contribution in [2.45, 2.75) is 110 Å². The third-order valence-electron chi connectivity index (χ3n) is 9.46. The maximum Gasteiger partial charge on any atom is 0.243 e. The first-order valence-electron chi connectivity index (χ1n) is 21.4. The maximum absolute atomic E-state index is 13.5. The van der Waals surface area contributed by atoms with Crippen LogP contribution in [0.3, 0.4) is 0 Å². The van der Waals surface area contributed by atoms with Crippen molar-refractivity contribution in [1.82, 2.24) is 42.5 Å². The summed E-state index contributed by atoms with van der Waals surface area (Å²) in [6, 6.07) is 12.2. The minimum Gasteiger partial charge on any atom is -0.347 e. The quantitative estimate of drug-likeness (QED) is 0.0513. The number of carbonyl (C=O) groups excluding carboxylic acids is 10. The molecule has 5 atom stereocenters. The smallest absolute Gasteiger partial charge is 0.243 e. The van der Waals surface area contributed by atoms with Gasteiger partial charge in [-0.2, -0.15) is 0 Å². The average molecular weight is 892 g/mol. The van der Waals surface area contributed by atoms with Crippen LogP contribution >= 0.6 is 0 Å². The van der Waals surface area contributed by atoms with E-state index in [4.69, 9.17) is 5.73 Å². The zero-order chi connectivity index (χ0) is 47.8. The molecule has 0 aromatic heterocycles. The van der Waals surface area contributed by atoms with Gasteiger partial charge in [0.15, 0.2) is 0 Å². The summed E-state index contributed by atoms with van der Waals surface area (Å²) in [7, 11) is 0. The van der Waals surface area contributed by atoms with Gasteiger partial charge in [-0.1, -0.05) is 88.4 Å². The number of rotatable bonds is 28. The van der Waals surface area contributed by atoms with Crippen molar-refractivity contribution in [3.05, 3.63) is 71.8 Å². The highest BCUT2D eigenvalue weighted by atomic mass is 16.2. The molecule has 0 aliphatic rings. The molecule has 8 amide bonds. The molecule has 0 aliphatic heterocycles.